The molecular weight excluding hydrogens is 186 g/mol. The number of aliphatic hydroxyl groups is 2. The van der Waals surface area contributed by atoms with Gasteiger partial charge in [0.15, 0.2) is 0 Å². The van der Waals surface area contributed by atoms with Gasteiger partial charge in [-0.2, -0.15) is 0 Å². The molecule has 2 N–H and O–H groups in total. The SMILES string of the molecule is COC1C(O)C2[C@H](CN2C)O[C@@H]1CO. The van der Waals surface area contributed by atoms with E-state index in [0.29, 0.717) is 0 Å². The first-order valence-corrected chi connectivity index (χ1v) is 4.86. The van der Waals surface area contributed by atoms with Crippen LogP contribution in [-0.2, 0) is 9.47 Å². The number of methoxy groups -OCH3 is 1. The van der Waals surface area contributed by atoms with Gasteiger partial charge in [-0.1, -0.05) is 0 Å². The molecule has 14 heavy (non-hydrogen) atoms. The van der Waals surface area contributed by atoms with Crippen molar-refractivity contribution in [2.45, 2.75) is 30.5 Å². The number of hydrogen-bond donors (Lipinski definition) is 2. The molecule has 82 valence electrons. The first kappa shape index (κ1) is 10.3. The summed E-state index contributed by atoms with van der Waals surface area (Å²) in [5, 5.41) is 19.0. The summed E-state index contributed by atoms with van der Waals surface area (Å²) >= 11 is 0. The maximum Gasteiger partial charge on any atom is 0.113 e. The van der Waals surface area contributed by atoms with Crippen LogP contribution in [0.1, 0.15) is 0 Å². The Bertz CT molecular complexity index is 213. The Morgan fingerprint density at radius 2 is 2.29 bits per heavy atom. The molecule has 0 spiro atoms. The highest BCUT2D eigenvalue weighted by atomic mass is 16.6. The second kappa shape index (κ2) is 3.75. The molecule has 5 atom stereocenters. The van der Waals surface area contributed by atoms with Crippen molar-refractivity contribution in [3.8, 4) is 0 Å². The molecule has 3 unspecified atom stereocenters. The molecule has 0 aromatic carbocycles. The molecule has 2 fully saturated rings. The summed E-state index contributed by atoms with van der Waals surface area (Å²) in [6, 6.07) is 0.0164. The van der Waals surface area contributed by atoms with Gasteiger partial charge in [0.2, 0.25) is 0 Å². The number of likely N-dealkylation sites (tertiary alicyclic amines) is 1. The quantitative estimate of drug-likeness (QED) is 0.568. The zero-order valence-corrected chi connectivity index (χ0v) is 8.46. The lowest BCUT2D eigenvalue weighted by Crippen LogP contribution is -2.72. The van der Waals surface area contributed by atoms with Crippen molar-refractivity contribution in [1.82, 2.24) is 4.90 Å². The van der Waals surface area contributed by atoms with Gasteiger partial charge < -0.3 is 19.7 Å². The molecule has 0 aliphatic carbocycles. The Morgan fingerprint density at radius 3 is 2.79 bits per heavy atom. The second-order valence-electron chi connectivity index (χ2n) is 4.02. The average molecular weight is 203 g/mol. The van der Waals surface area contributed by atoms with Crippen molar-refractivity contribution in [3.05, 3.63) is 0 Å². The zero-order chi connectivity index (χ0) is 10.3. The van der Waals surface area contributed by atoms with Gasteiger partial charge in [-0.05, 0) is 7.05 Å². The summed E-state index contributed by atoms with van der Waals surface area (Å²) in [4.78, 5) is 2.04. The minimum absolute atomic E-state index is 0.0164. The molecule has 2 aliphatic rings. The van der Waals surface area contributed by atoms with Gasteiger partial charge in [-0.25, -0.2) is 0 Å². The Kier molecular flexibility index (Phi) is 2.77. The van der Waals surface area contributed by atoms with E-state index in [1.54, 1.807) is 0 Å². The number of hydrogen-bond acceptors (Lipinski definition) is 5. The van der Waals surface area contributed by atoms with Gasteiger partial charge in [-0.15, -0.1) is 0 Å². The van der Waals surface area contributed by atoms with Crippen LogP contribution in [0.15, 0.2) is 0 Å². The summed E-state index contributed by atoms with van der Waals surface area (Å²) in [7, 11) is 3.47. The summed E-state index contributed by atoms with van der Waals surface area (Å²) in [5.41, 5.74) is 0. The van der Waals surface area contributed by atoms with E-state index in [-0.39, 0.29) is 18.8 Å². The first-order chi connectivity index (χ1) is 6.69. The minimum atomic E-state index is -0.574. The predicted octanol–water partition coefficient (Wildman–Crippen LogP) is -1.56. The normalized spacial score (nSPS) is 48.4. The van der Waals surface area contributed by atoms with Gasteiger partial charge in [-0.3, -0.25) is 4.90 Å². The van der Waals surface area contributed by atoms with Gasteiger partial charge >= 0.3 is 0 Å². The van der Waals surface area contributed by atoms with Crippen molar-refractivity contribution in [1.29, 1.82) is 0 Å². The third-order valence-electron chi connectivity index (χ3n) is 3.21. The van der Waals surface area contributed by atoms with Crippen molar-refractivity contribution < 1.29 is 19.7 Å². The summed E-state index contributed by atoms with van der Waals surface area (Å²) < 4.78 is 10.7. The number of ether oxygens (including phenoxy) is 2. The van der Waals surface area contributed by atoms with Crippen LogP contribution in [-0.4, -0.2) is 72.9 Å². The van der Waals surface area contributed by atoms with Crippen LogP contribution >= 0.6 is 0 Å². The van der Waals surface area contributed by atoms with Gasteiger partial charge in [0.25, 0.3) is 0 Å². The number of nitrogens with zero attached hydrogens (tertiary/aromatic N) is 1. The summed E-state index contributed by atoms with van der Waals surface area (Å²) in [5.74, 6) is 0. The Morgan fingerprint density at radius 1 is 1.57 bits per heavy atom. The fourth-order valence-electron chi connectivity index (χ4n) is 2.42. The monoisotopic (exact) mass is 203 g/mol. The Labute approximate surface area is 83.2 Å². The Balaban J connectivity index is 2.08. The van der Waals surface area contributed by atoms with E-state index in [1.807, 2.05) is 11.9 Å². The van der Waals surface area contributed by atoms with E-state index in [2.05, 4.69) is 0 Å². The van der Waals surface area contributed by atoms with E-state index < -0.39 is 18.3 Å². The predicted molar refractivity (Wildman–Crippen MR) is 49.0 cm³/mol. The van der Waals surface area contributed by atoms with Gasteiger partial charge in [0.1, 0.15) is 18.3 Å². The molecule has 0 radical (unpaired) electrons. The molecule has 0 aromatic heterocycles. The topological polar surface area (TPSA) is 62.2 Å². The fourth-order valence-corrected chi connectivity index (χ4v) is 2.42. The zero-order valence-electron chi connectivity index (χ0n) is 8.46. The van der Waals surface area contributed by atoms with Gasteiger partial charge in [0.05, 0.1) is 18.8 Å². The van der Waals surface area contributed by atoms with Crippen LogP contribution in [0.25, 0.3) is 0 Å². The van der Waals surface area contributed by atoms with Crippen molar-refractivity contribution in [2.24, 2.45) is 0 Å². The maximum absolute atomic E-state index is 9.97. The van der Waals surface area contributed by atoms with Crippen LogP contribution in [0.5, 0.6) is 0 Å². The molecule has 5 nitrogen and oxygen atoms in total. The molecule has 0 bridgehead atoms. The third-order valence-corrected chi connectivity index (χ3v) is 3.21. The van der Waals surface area contributed by atoms with E-state index in [4.69, 9.17) is 14.6 Å². The number of aliphatic hydroxyl groups excluding tert-OH is 2. The molecule has 0 aromatic rings. The van der Waals surface area contributed by atoms with Gasteiger partial charge in [0, 0.05) is 13.7 Å². The van der Waals surface area contributed by atoms with Crippen molar-refractivity contribution in [2.75, 3.05) is 27.3 Å². The molecule has 2 heterocycles. The molecule has 0 saturated carbocycles. The first-order valence-electron chi connectivity index (χ1n) is 4.86. The van der Waals surface area contributed by atoms with Crippen molar-refractivity contribution >= 4 is 0 Å². The average Bonchev–Trinajstić information content (AvgIpc) is 2.14. The molecule has 2 saturated heterocycles. The highest BCUT2D eigenvalue weighted by molar-refractivity contribution is 5.04. The Hall–Kier alpha value is -0.200. The van der Waals surface area contributed by atoms with Crippen LogP contribution in [0.3, 0.4) is 0 Å². The highest BCUT2D eigenvalue weighted by Crippen LogP contribution is 2.32. The smallest absolute Gasteiger partial charge is 0.113 e. The van der Waals surface area contributed by atoms with Crippen LogP contribution < -0.4 is 0 Å². The van der Waals surface area contributed by atoms with Crippen molar-refractivity contribution in [3.63, 3.8) is 0 Å². The molecule has 2 rings (SSSR count). The number of rotatable bonds is 2. The summed E-state index contributed by atoms with van der Waals surface area (Å²) in [6.45, 7) is 0.706. The van der Waals surface area contributed by atoms with E-state index >= 15 is 0 Å². The molecule has 0 amide bonds. The lowest BCUT2D eigenvalue weighted by molar-refractivity contribution is -0.258. The van der Waals surface area contributed by atoms with E-state index in [9.17, 15) is 5.11 Å². The van der Waals surface area contributed by atoms with Crippen LogP contribution in [0, 0.1) is 0 Å². The molecule has 2 aliphatic heterocycles. The standard InChI is InChI=1S/C9H17NO4/c1-10-3-5-7(10)8(12)9(13-2)6(4-11)14-5/h5-9,11-12H,3-4H2,1-2H3/t5-,6+,7?,8?,9?/m0/s1. The fraction of sp³-hybridized carbons (Fsp3) is 1.00. The van der Waals surface area contributed by atoms with E-state index in [0.717, 1.165) is 6.54 Å². The summed E-state index contributed by atoms with van der Waals surface area (Å²) in [6.07, 6.45) is -1.36. The third kappa shape index (κ3) is 1.36. The molecular formula is C9H17NO4. The molecule has 5 heteroatoms. The maximum atomic E-state index is 9.97. The van der Waals surface area contributed by atoms with Crippen LogP contribution in [0.2, 0.25) is 0 Å². The lowest BCUT2D eigenvalue weighted by Gasteiger charge is -2.54. The number of fused-ring (bicyclic) bond motifs is 1. The highest BCUT2D eigenvalue weighted by Gasteiger charge is 2.52. The minimum Gasteiger partial charge on any atom is -0.394 e. The van der Waals surface area contributed by atoms with Crippen LogP contribution in [0.4, 0.5) is 0 Å². The second-order valence-corrected chi connectivity index (χ2v) is 4.02. The largest absolute Gasteiger partial charge is 0.394 e. The number of likely N-dealkylation sites (N-methyl/N-ethyl adjacent to an activating group) is 1. The lowest BCUT2D eigenvalue weighted by atomic mass is 9.86. The van der Waals surface area contributed by atoms with E-state index in [1.165, 1.54) is 7.11 Å².